The molecule has 0 aromatic carbocycles. The van der Waals surface area contributed by atoms with E-state index in [-0.39, 0.29) is 5.56 Å². The second-order valence-electron chi connectivity index (χ2n) is 7.89. The predicted molar refractivity (Wildman–Crippen MR) is 112 cm³/mol. The lowest BCUT2D eigenvalue weighted by Crippen LogP contribution is -2.24. The van der Waals surface area contributed by atoms with Gasteiger partial charge >= 0.3 is 0 Å². The van der Waals surface area contributed by atoms with Gasteiger partial charge in [0.05, 0.1) is 25.6 Å². The van der Waals surface area contributed by atoms with E-state index < -0.39 is 0 Å². The van der Waals surface area contributed by atoms with E-state index in [2.05, 4.69) is 15.2 Å². The van der Waals surface area contributed by atoms with Crippen LogP contribution in [0.2, 0.25) is 0 Å². The van der Waals surface area contributed by atoms with Gasteiger partial charge in [0.25, 0.3) is 5.56 Å². The van der Waals surface area contributed by atoms with E-state index in [1.807, 2.05) is 32.3 Å². The standard InChI is InChI=1S/C22H27N5O3/c1-14-16(12-26(2)24-14)6-5-15-10-21(25-27(3)22(15)28)30-13-17-9-19(17)20-8-7-18(29-4)11-23-20/h7-8,10-12,17,19H,5-6,9,13H2,1-4H3/t17-,19+/m1/s1. The van der Waals surface area contributed by atoms with E-state index in [9.17, 15) is 4.79 Å². The first-order valence-electron chi connectivity index (χ1n) is 10.1. The SMILES string of the molecule is COc1ccc([C@H]2C[C@@H]2COc2cc(CCc3cn(C)nc3C)c(=O)n(C)n2)nc1. The molecule has 0 aliphatic heterocycles. The molecular formula is C22H27N5O3. The predicted octanol–water partition coefficient (Wildman–Crippen LogP) is 2.19. The van der Waals surface area contributed by atoms with Gasteiger partial charge in [-0.25, -0.2) is 4.68 Å². The van der Waals surface area contributed by atoms with Crippen molar-refractivity contribution in [1.82, 2.24) is 24.5 Å². The van der Waals surface area contributed by atoms with Gasteiger partial charge in [-0.1, -0.05) is 0 Å². The molecule has 3 aromatic heterocycles. The smallest absolute Gasteiger partial charge is 0.269 e. The Hall–Kier alpha value is -3.16. The van der Waals surface area contributed by atoms with Crippen molar-refractivity contribution in [2.75, 3.05) is 13.7 Å². The average molecular weight is 409 g/mol. The summed E-state index contributed by atoms with van der Waals surface area (Å²) in [5, 5.41) is 8.63. The molecule has 1 aliphatic carbocycles. The zero-order valence-electron chi connectivity index (χ0n) is 17.8. The van der Waals surface area contributed by atoms with Crippen LogP contribution in [0.5, 0.6) is 11.6 Å². The van der Waals surface area contributed by atoms with E-state index in [4.69, 9.17) is 9.47 Å². The largest absolute Gasteiger partial charge is 0.495 e. The molecule has 4 rings (SSSR count). The maximum absolute atomic E-state index is 12.5. The quantitative estimate of drug-likeness (QED) is 0.567. The lowest BCUT2D eigenvalue weighted by atomic mass is 10.1. The zero-order chi connectivity index (χ0) is 21.3. The van der Waals surface area contributed by atoms with E-state index in [0.29, 0.717) is 36.3 Å². The van der Waals surface area contributed by atoms with Gasteiger partial charge in [0.2, 0.25) is 5.88 Å². The van der Waals surface area contributed by atoms with Gasteiger partial charge in [-0.15, -0.1) is 5.10 Å². The van der Waals surface area contributed by atoms with Crippen molar-refractivity contribution < 1.29 is 9.47 Å². The molecule has 0 bridgehead atoms. The highest BCUT2D eigenvalue weighted by Gasteiger charge is 2.40. The number of methoxy groups -OCH3 is 1. The molecular weight excluding hydrogens is 382 g/mol. The first-order chi connectivity index (χ1) is 14.4. The van der Waals surface area contributed by atoms with Gasteiger partial charge in [0.15, 0.2) is 0 Å². The van der Waals surface area contributed by atoms with Crippen LogP contribution >= 0.6 is 0 Å². The van der Waals surface area contributed by atoms with Gasteiger partial charge in [-0.3, -0.25) is 14.5 Å². The van der Waals surface area contributed by atoms with Crippen LogP contribution in [0.1, 0.15) is 34.9 Å². The first-order valence-corrected chi connectivity index (χ1v) is 10.1. The molecule has 2 atom stereocenters. The van der Waals surface area contributed by atoms with E-state index >= 15 is 0 Å². The second kappa shape index (κ2) is 8.30. The van der Waals surface area contributed by atoms with Gasteiger partial charge < -0.3 is 9.47 Å². The number of rotatable bonds is 8. The molecule has 1 saturated carbocycles. The minimum atomic E-state index is -0.0874. The van der Waals surface area contributed by atoms with Crippen LogP contribution in [0.25, 0.3) is 0 Å². The monoisotopic (exact) mass is 409 g/mol. The van der Waals surface area contributed by atoms with E-state index in [0.717, 1.165) is 35.5 Å². The Morgan fingerprint density at radius 3 is 2.63 bits per heavy atom. The highest BCUT2D eigenvalue weighted by Crippen LogP contribution is 2.46. The summed E-state index contributed by atoms with van der Waals surface area (Å²) in [6, 6.07) is 5.72. The Morgan fingerprint density at radius 1 is 1.17 bits per heavy atom. The van der Waals surface area contributed by atoms with Crippen molar-refractivity contribution in [1.29, 1.82) is 0 Å². The summed E-state index contributed by atoms with van der Waals surface area (Å²) in [4.78, 5) is 16.9. The molecule has 30 heavy (non-hydrogen) atoms. The Balaban J connectivity index is 1.37. The zero-order valence-corrected chi connectivity index (χ0v) is 17.8. The molecule has 158 valence electrons. The molecule has 0 N–H and O–H groups in total. The molecule has 0 spiro atoms. The minimum absolute atomic E-state index is 0.0874. The topological polar surface area (TPSA) is 84.1 Å². The summed E-state index contributed by atoms with van der Waals surface area (Å²) in [5.41, 5.74) is 3.81. The van der Waals surface area contributed by atoms with Crippen LogP contribution in [0.4, 0.5) is 0 Å². The fraction of sp³-hybridized carbons (Fsp3) is 0.455. The van der Waals surface area contributed by atoms with Gasteiger partial charge in [-0.05, 0) is 43.9 Å². The summed E-state index contributed by atoms with van der Waals surface area (Å²) in [6.07, 6.45) is 6.17. The van der Waals surface area contributed by atoms with Crippen LogP contribution in [-0.2, 0) is 26.9 Å². The van der Waals surface area contributed by atoms with Crippen LogP contribution in [0.3, 0.4) is 0 Å². The fourth-order valence-electron chi connectivity index (χ4n) is 3.77. The molecule has 3 aromatic rings. The summed E-state index contributed by atoms with van der Waals surface area (Å²) < 4.78 is 14.3. The van der Waals surface area contributed by atoms with E-state index in [1.54, 1.807) is 31.1 Å². The second-order valence-corrected chi connectivity index (χ2v) is 7.89. The number of nitrogens with zero attached hydrogens (tertiary/aromatic N) is 5. The van der Waals surface area contributed by atoms with Crippen molar-refractivity contribution >= 4 is 0 Å². The maximum atomic E-state index is 12.5. The van der Waals surface area contributed by atoms with Crippen molar-refractivity contribution in [2.45, 2.75) is 32.1 Å². The highest BCUT2D eigenvalue weighted by molar-refractivity contribution is 5.26. The summed E-state index contributed by atoms with van der Waals surface area (Å²) in [7, 11) is 5.20. The van der Waals surface area contributed by atoms with Crippen LogP contribution < -0.4 is 15.0 Å². The van der Waals surface area contributed by atoms with E-state index in [1.165, 1.54) is 4.68 Å². The van der Waals surface area contributed by atoms with Gasteiger partial charge in [0.1, 0.15) is 5.75 Å². The third-order valence-electron chi connectivity index (χ3n) is 5.64. The molecule has 1 fully saturated rings. The Bertz CT molecular complexity index is 1090. The molecule has 0 radical (unpaired) electrons. The van der Waals surface area contributed by atoms with Crippen LogP contribution in [-0.4, -0.2) is 38.3 Å². The highest BCUT2D eigenvalue weighted by atomic mass is 16.5. The lowest BCUT2D eigenvalue weighted by molar-refractivity contribution is 0.277. The first kappa shape index (κ1) is 20.1. The molecule has 0 unspecified atom stereocenters. The normalized spacial score (nSPS) is 17.7. The number of aromatic nitrogens is 5. The van der Waals surface area contributed by atoms with Crippen molar-refractivity contribution in [2.24, 2.45) is 20.0 Å². The van der Waals surface area contributed by atoms with Crippen molar-refractivity contribution in [3.63, 3.8) is 0 Å². The van der Waals surface area contributed by atoms with Gasteiger partial charge in [-0.2, -0.15) is 5.10 Å². The third-order valence-corrected chi connectivity index (χ3v) is 5.64. The summed E-state index contributed by atoms with van der Waals surface area (Å²) in [5.74, 6) is 2.06. The Morgan fingerprint density at radius 2 is 1.97 bits per heavy atom. The molecule has 3 heterocycles. The van der Waals surface area contributed by atoms with Gasteiger partial charge in [0, 0.05) is 49.5 Å². The summed E-state index contributed by atoms with van der Waals surface area (Å²) in [6.45, 7) is 2.54. The average Bonchev–Trinajstić information content (AvgIpc) is 3.44. The van der Waals surface area contributed by atoms with Crippen molar-refractivity contribution in [3.05, 3.63) is 63.5 Å². The third kappa shape index (κ3) is 4.37. The number of pyridine rings is 1. The molecule has 1 aliphatic rings. The molecule has 0 saturated heterocycles. The minimum Gasteiger partial charge on any atom is -0.495 e. The summed E-state index contributed by atoms with van der Waals surface area (Å²) >= 11 is 0. The van der Waals surface area contributed by atoms with Crippen LogP contribution in [0, 0.1) is 12.8 Å². The molecule has 8 heteroatoms. The molecule has 8 nitrogen and oxygen atoms in total. The fourth-order valence-corrected chi connectivity index (χ4v) is 3.77. The Labute approximate surface area is 175 Å². The Kier molecular flexibility index (Phi) is 5.57. The molecule has 0 amide bonds. The number of hydrogen-bond donors (Lipinski definition) is 0. The number of hydrogen-bond acceptors (Lipinski definition) is 6. The lowest BCUT2D eigenvalue weighted by Gasteiger charge is -2.09. The van der Waals surface area contributed by atoms with Crippen molar-refractivity contribution in [3.8, 4) is 11.6 Å². The maximum Gasteiger partial charge on any atom is 0.269 e. The van der Waals surface area contributed by atoms with Crippen LogP contribution in [0.15, 0.2) is 35.4 Å². The number of ether oxygens (including phenoxy) is 2. The number of aryl methyl sites for hydroxylation is 5.